The first-order valence-corrected chi connectivity index (χ1v) is 14.1. The van der Waals surface area contributed by atoms with Crippen LogP contribution in [0.5, 0.6) is 0 Å². The summed E-state index contributed by atoms with van der Waals surface area (Å²) in [6.07, 6.45) is -1.92. The number of hydrogen-bond donors (Lipinski definition) is 4. The Kier molecular flexibility index (Phi) is 10.3. The van der Waals surface area contributed by atoms with Gasteiger partial charge in [-0.1, -0.05) is 60.7 Å². The third-order valence-electron chi connectivity index (χ3n) is 7.24. The molecule has 2 atom stereocenters. The maximum atomic E-state index is 14.0. The van der Waals surface area contributed by atoms with Gasteiger partial charge >= 0.3 is 5.97 Å². The molecule has 3 aromatic carbocycles. The summed E-state index contributed by atoms with van der Waals surface area (Å²) < 4.78 is 16.2. The van der Waals surface area contributed by atoms with Crippen LogP contribution in [-0.4, -0.2) is 44.0 Å². The monoisotopic (exact) mass is 572 g/mol. The molecule has 4 rings (SSSR count). The maximum absolute atomic E-state index is 14.0. The molecule has 0 saturated heterocycles. The van der Waals surface area contributed by atoms with Crippen molar-refractivity contribution in [1.82, 2.24) is 9.88 Å². The quantitative estimate of drug-likeness (QED) is 0.157. The summed E-state index contributed by atoms with van der Waals surface area (Å²) in [5.74, 6) is -1.70. The average molecular weight is 573 g/mol. The number of amides is 1. The van der Waals surface area contributed by atoms with Crippen LogP contribution in [-0.2, 0) is 17.8 Å². The van der Waals surface area contributed by atoms with Crippen LogP contribution in [0.1, 0.15) is 60.9 Å². The van der Waals surface area contributed by atoms with Crippen LogP contribution in [0.25, 0.3) is 22.3 Å². The topological polar surface area (TPSA) is 112 Å². The number of carbonyl (C=O) groups excluding carboxylic acids is 1. The van der Waals surface area contributed by atoms with E-state index < -0.39 is 24.6 Å². The zero-order valence-corrected chi connectivity index (χ0v) is 23.8. The maximum Gasteiger partial charge on any atom is 0.305 e. The van der Waals surface area contributed by atoms with Crippen molar-refractivity contribution in [2.75, 3.05) is 0 Å². The zero-order valence-electron chi connectivity index (χ0n) is 23.8. The number of carbonyl (C=O) groups is 2. The fourth-order valence-electron chi connectivity index (χ4n) is 5.45. The van der Waals surface area contributed by atoms with E-state index in [1.807, 2.05) is 62.4 Å². The average Bonchev–Trinajstić information content (AvgIpc) is 3.30. The van der Waals surface area contributed by atoms with Crippen molar-refractivity contribution in [1.29, 1.82) is 0 Å². The number of aliphatic hydroxyl groups is 2. The van der Waals surface area contributed by atoms with Crippen molar-refractivity contribution in [3.8, 4) is 22.3 Å². The Balaban J connectivity index is 1.83. The van der Waals surface area contributed by atoms with Gasteiger partial charge in [0, 0.05) is 34.1 Å². The summed E-state index contributed by atoms with van der Waals surface area (Å²) in [5, 5.41) is 32.9. The molecule has 0 radical (unpaired) electrons. The Morgan fingerprint density at radius 3 is 1.98 bits per heavy atom. The number of benzene rings is 3. The summed E-state index contributed by atoms with van der Waals surface area (Å²) in [5.41, 5.74) is 5.81. The van der Waals surface area contributed by atoms with Crippen molar-refractivity contribution >= 4 is 11.9 Å². The summed E-state index contributed by atoms with van der Waals surface area (Å²) in [7, 11) is 0. The van der Waals surface area contributed by atoms with Crippen LogP contribution in [0.3, 0.4) is 0 Å². The molecule has 8 heteroatoms. The fourth-order valence-corrected chi connectivity index (χ4v) is 5.45. The van der Waals surface area contributed by atoms with Gasteiger partial charge in [0.05, 0.1) is 25.2 Å². The first kappa shape index (κ1) is 30.7. The Hall–Kier alpha value is -4.27. The van der Waals surface area contributed by atoms with Crippen LogP contribution in [0.2, 0.25) is 0 Å². The van der Waals surface area contributed by atoms with Crippen LogP contribution >= 0.6 is 0 Å². The lowest BCUT2D eigenvalue weighted by Gasteiger charge is -2.20. The van der Waals surface area contributed by atoms with Crippen molar-refractivity contribution in [3.63, 3.8) is 0 Å². The Bertz CT molecular complexity index is 1480. The lowest BCUT2D eigenvalue weighted by atomic mass is 9.93. The number of aromatic nitrogens is 1. The minimum Gasteiger partial charge on any atom is -0.481 e. The predicted octanol–water partition coefficient (Wildman–Crippen LogP) is 5.99. The van der Waals surface area contributed by atoms with E-state index in [2.05, 4.69) is 9.88 Å². The van der Waals surface area contributed by atoms with Crippen molar-refractivity contribution in [2.45, 2.75) is 64.3 Å². The first-order chi connectivity index (χ1) is 20.2. The highest BCUT2D eigenvalue weighted by molar-refractivity contribution is 5.94. The van der Waals surface area contributed by atoms with Crippen LogP contribution in [0, 0.1) is 5.82 Å². The number of carboxylic acid groups (broad SMARTS) is 1. The number of nitrogens with zero attached hydrogens (tertiary/aromatic N) is 1. The molecule has 2 unspecified atom stereocenters. The fraction of sp³-hybridized carbons (Fsp3) is 0.294. The Morgan fingerprint density at radius 2 is 1.38 bits per heavy atom. The van der Waals surface area contributed by atoms with E-state index in [0.29, 0.717) is 12.0 Å². The van der Waals surface area contributed by atoms with E-state index in [4.69, 9.17) is 5.11 Å². The molecule has 1 amide bonds. The third kappa shape index (κ3) is 7.51. The largest absolute Gasteiger partial charge is 0.481 e. The molecule has 4 aromatic rings. The van der Waals surface area contributed by atoms with E-state index >= 15 is 0 Å². The van der Waals surface area contributed by atoms with E-state index in [-0.39, 0.29) is 37.2 Å². The van der Waals surface area contributed by atoms with Gasteiger partial charge in [0.25, 0.3) is 5.91 Å². The summed E-state index contributed by atoms with van der Waals surface area (Å²) in [6, 6.07) is 25.0. The van der Waals surface area contributed by atoms with Crippen LogP contribution < -0.4 is 5.32 Å². The molecular formula is C34H37FN2O5. The summed E-state index contributed by atoms with van der Waals surface area (Å²) >= 11 is 0. The normalized spacial score (nSPS) is 12.7. The molecule has 0 bridgehead atoms. The number of hydrogen-bond acceptors (Lipinski definition) is 4. The second-order valence-electron chi connectivity index (χ2n) is 10.7. The molecule has 1 aromatic heterocycles. The van der Waals surface area contributed by atoms with Gasteiger partial charge in [-0.2, -0.15) is 0 Å². The van der Waals surface area contributed by atoms with E-state index in [1.165, 1.54) is 12.1 Å². The zero-order chi connectivity index (χ0) is 30.2. The van der Waals surface area contributed by atoms with Gasteiger partial charge in [-0.15, -0.1) is 0 Å². The molecule has 0 fully saturated rings. The number of carboxylic acids is 1. The number of aliphatic hydroxyl groups excluding tert-OH is 2. The third-order valence-corrected chi connectivity index (χ3v) is 7.24. The van der Waals surface area contributed by atoms with Gasteiger partial charge in [0.1, 0.15) is 5.82 Å². The molecule has 0 aliphatic heterocycles. The van der Waals surface area contributed by atoms with Gasteiger partial charge in [0.15, 0.2) is 0 Å². The summed E-state index contributed by atoms with van der Waals surface area (Å²) in [6.45, 7) is 4.31. The highest BCUT2D eigenvalue weighted by Gasteiger charge is 2.27. The highest BCUT2D eigenvalue weighted by atomic mass is 19.1. The SMILES string of the molecule is CC(C)n1c(CCC(O)CC(O)CC(=O)O)c(-c2ccc(F)cc2)c(-c2ccccc2)c1CNC(=O)c1ccccc1. The highest BCUT2D eigenvalue weighted by Crippen LogP contribution is 2.42. The summed E-state index contributed by atoms with van der Waals surface area (Å²) in [4.78, 5) is 24.1. The van der Waals surface area contributed by atoms with Gasteiger partial charge in [0.2, 0.25) is 0 Å². The molecule has 0 aliphatic carbocycles. The van der Waals surface area contributed by atoms with E-state index in [0.717, 1.165) is 33.6 Å². The second kappa shape index (κ2) is 14.1. The molecule has 0 aliphatic rings. The van der Waals surface area contributed by atoms with Crippen molar-refractivity contribution in [3.05, 3.63) is 108 Å². The van der Waals surface area contributed by atoms with Gasteiger partial charge in [-0.05, 0) is 68.5 Å². The standard InChI is InChI=1S/C34H37FN2O5/c1-22(2)37-29(18-17-27(38)19-28(39)20-31(40)41)32(24-13-15-26(35)16-14-24)33(23-9-5-3-6-10-23)30(37)21-36-34(42)25-11-7-4-8-12-25/h3-16,22,27-28,38-39H,17-21H2,1-2H3,(H,36,42)(H,40,41). The van der Waals surface area contributed by atoms with Crippen molar-refractivity contribution < 1.29 is 29.3 Å². The van der Waals surface area contributed by atoms with Crippen LogP contribution in [0.15, 0.2) is 84.9 Å². The van der Waals surface area contributed by atoms with Gasteiger partial charge in [-0.3, -0.25) is 9.59 Å². The van der Waals surface area contributed by atoms with Crippen molar-refractivity contribution in [2.24, 2.45) is 0 Å². The number of halogens is 1. The van der Waals surface area contributed by atoms with E-state index in [9.17, 15) is 24.2 Å². The molecule has 42 heavy (non-hydrogen) atoms. The lowest BCUT2D eigenvalue weighted by Crippen LogP contribution is -2.25. The molecule has 220 valence electrons. The predicted molar refractivity (Wildman–Crippen MR) is 160 cm³/mol. The first-order valence-electron chi connectivity index (χ1n) is 14.1. The Labute approximate surface area is 245 Å². The Morgan fingerprint density at radius 1 is 0.810 bits per heavy atom. The number of rotatable bonds is 13. The molecule has 1 heterocycles. The van der Waals surface area contributed by atoms with Gasteiger partial charge in [-0.25, -0.2) is 4.39 Å². The minimum atomic E-state index is -1.16. The number of aliphatic carboxylic acids is 1. The smallest absolute Gasteiger partial charge is 0.305 e. The second-order valence-corrected chi connectivity index (χ2v) is 10.7. The molecule has 0 saturated carbocycles. The lowest BCUT2D eigenvalue weighted by molar-refractivity contribution is -0.139. The minimum absolute atomic E-state index is 0.0324. The molecule has 4 N–H and O–H groups in total. The van der Waals surface area contributed by atoms with Crippen LogP contribution in [0.4, 0.5) is 4.39 Å². The number of nitrogens with one attached hydrogen (secondary N) is 1. The molecular weight excluding hydrogens is 535 g/mol. The van der Waals surface area contributed by atoms with Gasteiger partial charge < -0.3 is 25.2 Å². The molecule has 0 spiro atoms. The molecule has 7 nitrogen and oxygen atoms in total. The van der Waals surface area contributed by atoms with E-state index in [1.54, 1.807) is 24.3 Å².